The molecule has 0 spiro atoms. The molecule has 6 rings (SSSR count). The van der Waals surface area contributed by atoms with E-state index in [1.165, 1.54) is 84.9 Å². The largest absolute Gasteiger partial charge is 0.507 e. The van der Waals surface area contributed by atoms with Gasteiger partial charge in [0, 0.05) is 56.8 Å². The van der Waals surface area contributed by atoms with Crippen LogP contribution in [0.2, 0.25) is 0 Å². The number of amides is 4. The summed E-state index contributed by atoms with van der Waals surface area (Å²) in [5.41, 5.74) is 1.09. The minimum Gasteiger partial charge on any atom is -0.507 e. The van der Waals surface area contributed by atoms with Gasteiger partial charge in [-0.2, -0.15) is 16.8 Å². The smallest absolute Gasteiger partial charge is 0.314 e. The minimum atomic E-state index is -4.49. The first kappa shape index (κ1) is 36.9. The van der Waals surface area contributed by atoms with Crippen LogP contribution >= 0.6 is 0 Å². The Morgan fingerprint density at radius 1 is 0.426 bits per heavy atom. The van der Waals surface area contributed by atoms with Crippen molar-refractivity contribution in [3.05, 3.63) is 120 Å². The van der Waals surface area contributed by atoms with Crippen molar-refractivity contribution < 1.29 is 55.3 Å². The van der Waals surface area contributed by atoms with E-state index >= 15 is 0 Å². The number of hydrogen-bond acceptors (Lipinski definition) is 10. The van der Waals surface area contributed by atoms with Gasteiger partial charge in [-0.05, 0) is 95.7 Å². The zero-order chi connectivity index (χ0) is 38.9. The van der Waals surface area contributed by atoms with Crippen molar-refractivity contribution in [3.8, 4) is 11.5 Å². The number of aromatic hydroxyl groups is 2. The van der Waals surface area contributed by atoms with Gasteiger partial charge in [0.2, 0.25) is 0 Å². The fourth-order valence-corrected chi connectivity index (χ4v) is 6.31. The molecule has 0 bridgehead atoms. The van der Waals surface area contributed by atoms with E-state index in [9.17, 15) is 55.3 Å². The predicted octanol–water partition coefficient (Wildman–Crippen LogP) is 4.98. The highest BCUT2D eigenvalue weighted by Gasteiger charge is 2.18. The van der Waals surface area contributed by atoms with E-state index in [4.69, 9.17) is 0 Å². The second kappa shape index (κ2) is 14.3. The lowest BCUT2D eigenvalue weighted by Crippen LogP contribution is -2.29. The molecular formula is C36H26N4O12S2. The van der Waals surface area contributed by atoms with Crippen molar-refractivity contribution in [3.63, 3.8) is 0 Å². The number of carbonyl (C=O) groups excluding carboxylic acids is 4. The Morgan fingerprint density at radius 3 is 1.11 bits per heavy atom. The monoisotopic (exact) mass is 770 g/mol. The molecule has 0 atom stereocenters. The van der Waals surface area contributed by atoms with Crippen LogP contribution in [-0.2, 0) is 29.8 Å². The summed E-state index contributed by atoms with van der Waals surface area (Å²) in [6, 6.07) is 23.6. The quantitative estimate of drug-likeness (QED) is 0.0753. The van der Waals surface area contributed by atoms with Crippen LogP contribution in [-0.4, -0.2) is 59.8 Å². The molecular weight excluding hydrogens is 745 g/mol. The topological polar surface area (TPSA) is 266 Å². The Morgan fingerprint density at radius 2 is 0.778 bits per heavy atom. The van der Waals surface area contributed by atoms with Crippen LogP contribution in [0.1, 0.15) is 20.7 Å². The molecule has 4 amide bonds. The Labute approximate surface area is 305 Å². The molecule has 6 aromatic rings. The zero-order valence-electron chi connectivity index (χ0n) is 27.3. The highest BCUT2D eigenvalue weighted by atomic mass is 32.2. The fourth-order valence-electron chi connectivity index (χ4n) is 5.29. The van der Waals surface area contributed by atoms with Crippen LogP contribution in [0.3, 0.4) is 0 Å². The van der Waals surface area contributed by atoms with E-state index in [1.807, 2.05) is 0 Å². The number of phenolic OH excluding ortho intramolecular Hbond substituents is 2. The maximum Gasteiger partial charge on any atom is 0.314 e. The summed E-state index contributed by atoms with van der Waals surface area (Å²) in [5.74, 6) is -3.90. The van der Waals surface area contributed by atoms with Crippen LogP contribution < -0.4 is 21.3 Å². The van der Waals surface area contributed by atoms with Gasteiger partial charge in [0.05, 0.1) is 9.79 Å². The third kappa shape index (κ3) is 8.27. The molecule has 0 unspecified atom stereocenters. The predicted molar refractivity (Wildman–Crippen MR) is 197 cm³/mol. The molecule has 0 aliphatic heterocycles. The number of nitrogens with one attached hydrogen (secondary N) is 4. The van der Waals surface area contributed by atoms with Crippen LogP contribution in [0, 0.1) is 0 Å². The molecule has 0 heterocycles. The maximum atomic E-state index is 12.8. The van der Waals surface area contributed by atoms with Gasteiger partial charge >= 0.3 is 11.8 Å². The Kier molecular flexibility index (Phi) is 9.76. The van der Waals surface area contributed by atoms with E-state index in [-0.39, 0.29) is 56.1 Å². The zero-order valence-corrected chi connectivity index (χ0v) is 28.9. The van der Waals surface area contributed by atoms with Crippen LogP contribution in [0.4, 0.5) is 22.7 Å². The van der Waals surface area contributed by atoms with E-state index in [1.54, 1.807) is 0 Å². The summed E-state index contributed by atoms with van der Waals surface area (Å²) < 4.78 is 64.2. The van der Waals surface area contributed by atoms with Gasteiger partial charge < -0.3 is 31.5 Å². The average molecular weight is 771 g/mol. The van der Waals surface area contributed by atoms with Crippen LogP contribution in [0.15, 0.2) is 119 Å². The second-order valence-electron chi connectivity index (χ2n) is 11.7. The van der Waals surface area contributed by atoms with Crippen LogP contribution in [0.5, 0.6) is 11.5 Å². The molecule has 274 valence electrons. The summed E-state index contributed by atoms with van der Waals surface area (Å²) >= 11 is 0. The lowest BCUT2D eigenvalue weighted by Gasteiger charge is -2.11. The third-order valence-corrected chi connectivity index (χ3v) is 9.63. The summed E-state index contributed by atoms with van der Waals surface area (Å²) in [6.07, 6.45) is 0. The molecule has 0 aliphatic carbocycles. The summed E-state index contributed by atoms with van der Waals surface area (Å²) in [4.78, 5) is 50.0. The number of phenols is 2. The third-order valence-electron chi connectivity index (χ3n) is 7.94. The summed E-state index contributed by atoms with van der Waals surface area (Å²) in [5, 5.41) is 31.8. The molecule has 0 radical (unpaired) electrons. The molecule has 0 fully saturated rings. The number of hydrogen-bond donors (Lipinski definition) is 8. The number of anilines is 4. The number of carbonyl (C=O) groups is 4. The highest BCUT2D eigenvalue weighted by molar-refractivity contribution is 7.86. The van der Waals surface area contributed by atoms with Gasteiger partial charge in [0.1, 0.15) is 11.5 Å². The van der Waals surface area contributed by atoms with E-state index in [0.29, 0.717) is 10.8 Å². The second-order valence-corrected chi connectivity index (χ2v) is 14.5. The first-order valence-corrected chi connectivity index (χ1v) is 18.3. The van der Waals surface area contributed by atoms with Crippen molar-refractivity contribution >= 4 is 88.2 Å². The van der Waals surface area contributed by atoms with Gasteiger partial charge in [-0.3, -0.25) is 28.3 Å². The molecule has 6 aromatic carbocycles. The Bertz CT molecular complexity index is 2560. The molecule has 8 N–H and O–H groups in total. The van der Waals surface area contributed by atoms with Crippen molar-refractivity contribution in [2.24, 2.45) is 0 Å². The molecule has 0 aromatic heterocycles. The maximum absolute atomic E-state index is 12.8. The van der Waals surface area contributed by atoms with E-state index in [0.717, 1.165) is 24.3 Å². The Balaban J connectivity index is 1.03. The Hall–Kier alpha value is -6.86. The van der Waals surface area contributed by atoms with E-state index in [2.05, 4.69) is 21.3 Å². The number of benzene rings is 6. The summed E-state index contributed by atoms with van der Waals surface area (Å²) in [6.45, 7) is 0. The fraction of sp³-hybridized carbons (Fsp3) is 0. The van der Waals surface area contributed by atoms with E-state index < -0.39 is 53.7 Å². The SMILES string of the molecule is O=C(Nc1ccc(C(=O)Nc2cc(O)c3cc(S(=O)(=O)O)ccc3c2)cc1)C(=O)Nc1ccc(C(=O)Nc2cc(O)c3cc(S(=O)(=O)O)ccc3c2)cc1. The molecule has 0 saturated heterocycles. The van der Waals surface area contributed by atoms with Gasteiger partial charge in [0.25, 0.3) is 32.1 Å². The van der Waals surface area contributed by atoms with Crippen molar-refractivity contribution in [2.45, 2.75) is 9.79 Å². The normalized spacial score (nSPS) is 11.5. The van der Waals surface area contributed by atoms with Crippen LogP contribution in [0.25, 0.3) is 21.5 Å². The molecule has 54 heavy (non-hydrogen) atoms. The first-order valence-electron chi connectivity index (χ1n) is 15.4. The molecule has 18 heteroatoms. The van der Waals surface area contributed by atoms with Gasteiger partial charge in [0.15, 0.2) is 0 Å². The minimum absolute atomic E-state index is 0.137. The standard InChI is InChI=1S/C36H26N4O12S2/c41-31-15-25(13-21-5-11-27(17-29(21)31)53(47,48)49)39-33(43)19-1-7-23(8-2-19)37-35(45)36(46)38-24-9-3-20(4-10-24)34(44)40-26-14-22-6-12-28(54(50,51)52)18-30(22)32(42)16-26/h1-18,41-42H,(H,37,45)(H,38,46)(H,39,43)(H,40,44)(H,47,48,49)(H,50,51,52). The molecule has 0 saturated carbocycles. The molecule has 0 aliphatic rings. The first-order chi connectivity index (χ1) is 25.4. The number of rotatable bonds is 8. The lowest BCUT2D eigenvalue weighted by molar-refractivity contribution is -0.132. The van der Waals surface area contributed by atoms with Gasteiger partial charge in [-0.1, -0.05) is 12.1 Å². The number of fused-ring (bicyclic) bond motifs is 2. The average Bonchev–Trinajstić information content (AvgIpc) is 3.11. The molecule has 16 nitrogen and oxygen atoms in total. The van der Waals surface area contributed by atoms with Crippen molar-refractivity contribution in [1.82, 2.24) is 0 Å². The van der Waals surface area contributed by atoms with Crippen molar-refractivity contribution in [2.75, 3.05) is 21.3 Å². The highest BCUT2D eigenvalue weighted by Crippen LogP contribution is 2.33. The lowest BCUT2D eigenvalue weighted by atomic mass is 10.1. The van der Waals surface area contributed by atoms with Gasteiger partial charge in [-0.15, -0.1) is 0 Å². The van der Waals surface area contributed by atoms with Crippen molar-refractivity contribution in [1.29, 1.82) is 0 Å². The van der Waals surface area contributed by atoms with Gasteiger partial charge in [-0.25, -0.2) is 0 Å². The summed E-state index contributed by atoms with van der Waals surface area (Å²) in [7, 11) is -8.98.